The van der Waals surface area contributed by atoms with Crippen molar-refractivity contribution in [2.75, 3.05) is 0 Å². The monoisotopic (exact) mass is 713 g/mol. The summed E-state index contributed by atoms with van der Waals surface area (Å²) >= 11 is 0. The number of fused-ring (bicyclic) bond motifs is 1. The number of benzene rings is 2. The van der Waals surface area contributed by atoms with Crippen LogP contribution in [0.25, 0.3) is 16.3 Å². The molecule has 2 heteroatoms. The maximum atomic E-state index is 13.0. The minimum atomic E-state index is -0.239. The maximum Gasteiger partial charge on any atom is 0.136 e. The molecule has 53 heavy (non-hydrogen) atoms. The molecular weight excluding hydrogens is 645 g/mol. The van der Waals surface area contributed by atoms with E-state index in [9.17, 15) is 4.79 Å². The molecule has 0 aromatic heterocycles. The van der Waals surface area contributed by atoms with E-state index in [0.29, 0.717) is 17.6 Å². The van der Waals surface area contributed by atoms with Gasteiger partial charge < -0.3 is 4.74 Å². The molecule has 4 aliphatic rings. The summed E-state index contributed by atoms with van der Waals surface area (Å²) in [5, 5.41) is 2.44. The number of ether oxygens (including phenoxy) is 1. The fourth-order valence-electron chi connectivity index (χ4n) is 10.6. The average Bonchev–Trinajstić information content (AvgIpc) is 3.56. The summed E-state index contributed by atoms with van der Waals surface area (Å²) in [6, 6.07) is 9.21. The zero-order valence-corrected chi connectivity index (χ0v) is 34.6. The summed E-state index contributed by atoms with van der Waals surface area (Å²) in [5.74, 6) is 3.37. The molecule has 2 aromatic carbocycles. The first kappa shape index (κ1) is 39.3. The molecule has 0 spiro atoms. The van der Waals surface area contributed by atoms with E-state index >= 15 is 0 Å². The van der Waals surface area contributed by atoms with Gasteiger partial charge in [0, 0.05) is 10.8 Å². The van der Waals surface area contributed by atoms with E-state index in [0.717, 1.165) is 63.0 Å². The fourth-order valence-corrected chi connectivity index (χ4v) is 10.6. The first-order valence-corrected chi connectivity index (χ1v) is 20.8. The number of carbonyl (C=O) groups is 1. The molecule has 6 atom stereocenters. The number of aryl methyl sites for hydroxylation is 2. The zero-order chi connectivity index (χ0) is 38.4. The Morgan fingerprint density at radius 2 is 1.64 bits per heavy atom. The van der Waals surface area contributed by atoms with E-state index in [1.807, 2.05) is 0 Å². The number of rotatable bonds is 15. The van der Waals surface area contributed by atoms with E-state index < -0.39 is 0 Å². The van der Waals surface area contributed by atoms with Crippen LogP contribution in [0.5, 0.6) is 5.75 Å². The Balaban J connectivity index is 1.28. The van der Waals surface area contributed by atoms with Crippen LogP contribution < -0.4 is 4.74 Å². The molecule has 4 aliphatic carbocycles. The number of hydrogen-bond acceptors (Lipinski definition) is 2. The molecule has 3 fully saturated rings. The van der Waals surface area contributed by atoms with Gasteiger partial charge in [-0.1, -0.05) is 138 Å². The highest BCUT2D eigenvalue weighted by Crippen LogP contribution is 2.59. The topological polar surface area (TPSA) is 26.3 Å². The van der Waals surface area contributed by atoms with Crippen LogP contribution >= 0.6 is 0 Å². The molecule has 0 bridgehead atoms. The van der Waals surface area contributed by atoms with Gasteiger partial charge in [0.25, 0.3) is 0 Å². The highest BCUT2D eigenvalue weighted by atomic mass is 16.5. The third-order valence-corrected chi connectivity index (χ3v) is 13.8. The maximum absolute atomic E-state index is 13.0. The lowest BCUT2D eigenvalue weighted by molar-refractivity contribution is -0.122. The molecule has 0 amide bonds. The van der Waals surface area contributed by atoms with Crippen molar-refractivity contribution >= 4 is 22.1 Å². The first-order chi connectivity index (χ1) is 25.0. The van der Waals surface area contributed by atoms with E-state index in [2.05, 4.69) is 98.0 Å². The van der Waals surface area contributed by atoms with Gasteiger partial charge in [0.2, 0.25) is 0 Å². The van der Waals surface area contributed by atoms with E-state index in [1.54, 1.807) is 6.92 Å². The number of ketones is 1. The highest BCUT2D eigenvalue weighted by Gasteiger charge is 2.56. The third-order valence-electron chi connectivity index (χ3n) is 13.8. The van der Waals surface area contributed by atoms with Crippen molar-refractivity contribution in [3.63, 3.8) is 0 Å². The summed E-state index contributed by atoms with van der Waals surface area (Å²) in [6.45, 7) is 36.2. The molecule has 0 heterocycles. The molecule has 0 saturated heterocycles. The van der Waals surface area contributed by atoms with Gasteiger partial charge in [0.05, 0.1) is 6.10 Å². The number of hydrogen-bond donors (Lipinski definition) is 0. The molecule has 3 saturated carbocycles. The number of allylic oxidation sites excluding steroid dienone is 8. The van der Waals surface area contributed by atoms with Gasteiger partial charge in [0.15, 0.2) is 0 Å². The van der Waals surface area contributed by atoms with Crippen LogP contribution in [0.1, 0.15) is 135 Å². The predicted molar refractivity (Wildman–Crippen MR) is 227 cm³/mol. The van der Waals surface area contributed by atoms with Crippen LogP contribution in [0.3, 0.4) is 0 Å². The standard InChI is InChI=1S/C51H68O2/c1-31(2)21-40-17-18-41(25-40)42-19-20-44-45(26-42)33(4)24-34(5)49(44)53-43-27-46(35(6)29-51(38(9)52)30-36(51)7)47(28-43)37(8)48(50(10,11)12)23-32(3)22-39-15-13-14-16-39/h18-20,24-26,36,39,43,46-48H,1,3,6,8,13-17,21-23,27-30H2,2,4-5,7,9-12H3. The lowest BCUT2D eigenvalue weighted by Gasteiger charge is -2.38. The number of carbonyl (C=O) groups excluding carboxylic acids is 1. The summed E-state index contributed by atoms with van der Waals surface area (Å²) in [5.41, 5.74) is 11.4. The number of Topliss-reactive ketones (excluding diaryl/α,β-unsaturated/α-hetero) is 1. The van der Waals surface area contributed by atoms with Crippen molar-refractivity contribution in [2.45, 2.75) is 139 Å². The summed E-state index contributed by atoms with van der Waals surface area (Å²) in [4.78, 5) is 13.0. The molecule has 2 aromatic rings. The Morgan fingerprint density at radius 3 is 2.26 bits per heavy atom. The van der Waals surface area contributed by atoms with E-state index in [1.165, 1.54) is 86.6 Å². The molecule has 0 radical (unpaired) electrons. The Labute approximate surface area is 322 Å². The lowest BCUT2D eigenvalue weighted by Crippen LogP contribution is -2.29. The second kappa shape index (κ2) is 15.4. The Kier molecular flexibility index (Phi) is 11.4. The second-order valence-electron chi connectivity index (χ2n) is 19.3. The van der Waals surface area contributed by atoms with Crippen LogP contribution in [0, 0.1) is 54.3 Å². The van der Waals surface area contributed by atoms with Crippen LogP contribution in [0.4, 0.5) is 0 Å². The predicted octanol–water partition coefficient (Wildman–Crippen LogP) is 14.2. The van der Waals surface area contributed by atoms with Crippen molar-refractivity contribution in [3.05, 3.63) is 107 Å². The minimum absolute atomic E-state index is 0.0418. The van der Waals surface area contributed by atoms with E-state index in [4.69, 9.17) is 17.9 Å². The SMILES string of the molecule is C=C(C)CC1=CC(c2ccc3c(OC4CC(C(=C)CC5(C(C)=O)CC5C)C(C(=C)C(CC(=C)CC5CCCC5)C(C)(C)C)C4)c(C)cc(C)c3c2)=CC1. The van der Waals surface area contributed by atoms with Gasteiger partial charge in [-0.25, -0.2) is 0 Å². The van der Waals surface area contributed by atoms with Crippen LogP contribution in [-0.4, -0.2) is 11.9 Å². The average molecular weight is 713 g/mol. The molecule has 6 unspecified atom stereocenters. The van der Waals surface area contributed by atoms with E-state index in [-0.39, 0.29) is 28.8 Å². The quantitative estimate of drug-likeness (QED) is 0.172. The third kappa shape index (κ3) is 8.48. The fraction of sp³-hybridized carbons (Fsp3) is 0.549. The van der Waals surface area contributed by atoms with Gasteiger partial charge in [-0.2, -0.15) is 0 Å². The largest absolute Gasteiger partial charge is 0.489 e. The van der Waals surface area contributed by atoms with Crippen molar-refractivity contribution in [1.29, 1.82) is 0 Å². The van der Waals surface area contributed by atoms with Crippen molar-refractivity contribution < 1.29 is 9.53 Å². The van der Waals surface area contributed by atoms with Gasteiger partial charge in [-0.3, -0.25) is 4.79 Å². The Hall–Kier alpha value is -3.39. The first-order valence-electron chi connectivity index (χ1n) is 20.8. The van der Waals surface area contributed by atoms with Crippen molar-refractivity contribution in [1.82, 2.24) is 0 Å². The zero-order valence-electron chi connectivity index (χ0n) is 34.6. The Morgan fingerprint density at radius 1 is 0.962 bits per heavy atom. The molecule has 0 aliphatic heterocycles. The van der Waals surface area contributed by atoms with Crippen LogP contribution in [-0.2, 0) is 4.79 Å². The van der Waals surface area contributed by atoms with Crippen molar-refractivity contribution in [3.8, 4) is 5.75 Å². The highest BCUT2D eigenvalue weighted by molar-refractivity contribution is 5.95. The Bertz CT molecular complexity index is 1870. The minimum Gasteiger partial charge on any atom is -0.489 e. The normalized spacial score (nSPS) is 26.3. The summed E-state index contributed by atoms with van der Waals surface area (Å²) in [7, 11) is 0. The molecule has 0 N–H and O–H groups in total. The van der Waals surface area contributed by atoms with Gasteiger partial charge in [-0.15, -0.1) is 0 Å². The smallest absolute Gasteiger partial charge is 0.136 e. The summed E-state index contributed by atoms with van der Waals surface area (Å²) < 4.78 is 7.21. The van der Waals surface area contributed by atoms with Crippen LogP contribution in [0.15, 0.2) is 90.6 Å². The van der Waals surface area contributed by atoms with Gasteiger partial charge in [0.1, 0.15) is 11.5 Å². The second-order valence-corrected chi connectivity index (χ2v) is 19.3. The molecular formula is C51H68O2. The van der Waals surface area contributed by atoms with Crippen LogP contribution in [0.2, 0.25) is 0 Å². The van der Waals surface area contributed by atoms with Gasteiger partial charge in [-0.05, 0) is 148 Å². The van der Waals surface area contributed by atoms with Crippen molar-refractivity contribution in [2.24, 2.45) is 40.4 Å². The molecule has 2 nitrogen and oxygen atoms in total. The molecule has 6 rings (SSSR count). The summed E-state index contributed by atoms with van der Waals surface area (Å²) in [6.07, 6.45) is 17.9. The molecule has 284 valence electrons. The van der Waals surface area contributed by atoms with Gasteiger partial charge >= 0.3 is 0 Å². The lowest BCUT2D eigenvalue weighted by atomic mass is 9.67.